The van der Waals surface area contributed by atoms with Crippen LogP contribution in [0.15, 0.2) is 59.6 Å². The Kier molecular flexibility index (Phi) is 4.96. The minimum Gasteiger partial charge on any atom is -0.497 e. The molecule has 136 valence electrons. The highest BCUT2D eigenvalue weighted by molar-refractivity contribution is 8.00. The van der Waals surface area contributed by atoms with Gasteiger partial charge in [0.1, 0.15) is 5.75 Å². The van der Waals surface area contributed by atoms with Gasteiger partial charge < -0.3 is 10.1 Å². The van der Waals surface area contributed by atoms with Gasteiger partial charge in [-0.05, 0) is 37.3 Å². The van der Waals surface area contributed by atoms with Crippen molar-refractivity contribution in [3.8, 4) is 5.75 Å². The first-order valence-electron chi connectivity index (χ1n) is 8.40. The molecule has 0 aliphatic rings. The van der Waals surface area contributed by atoms with Crippen LogP contribution in [0.1, 0.15) is 6.92 Å². The Balaban J connectivity index is 1.46. The highest BCUT2D eigenvalue weighted by Crippen LogP contribution is 2.30. The number of nitrogens with zero attached hydrogens (tertiary/aromatic N) is 2. The summed E-state index contributed by atoms with van der Waals surface area (Å²) in [7, 11) is 1.63. The molecule has 4 rings (SSSR count). The number of hydrogen-bond acceptors (Lipinski definition) is 6. The minimum absolute atomic E-state index is 0.0963. The lowest BCUT2D eigenvalue weighted by molar-refractivity contribution is -0.115. The fourth-order valence-electron chi connectivity index (χ4n) is 2.64. The molecule has 0 aliphatic heterocycles. The molecule has 2 heterocycles. The molecule has 1 amide bonds. The second kappa shape index (κ2) is 7.54. The summed E-state index contributed by atoms with van der Waals surface area (Å²) in [5.41, 5.74) is 1.77. The third kappa shape index (κ3) is 3.89. The Hall–Kier alpha value is -2.64. The molecular weight excluding hydrogens is 378 g/mol. The zero-order chi connectivity index (χ0) is 18.8. The Bertz CT molecular complexity index is 1130. The molecule has 2 aromatic carbocycles. The van der Waals surface area contributed by atoms with Crippen molar-refractivity contribution in [2.75, 3.05) is 12.4 Å². The number of hydrogen-bond donors (Lipinski definition) is 1. The molecule has 1 N–H and O–H groups in total. The summed E-state index contributed by atoms with van der Waals surface area (Å²) in [5, 5.41) is 5.11. The summed E-state index contributed by atoms with van der Waals surface area (Å²) >= 11 is 2.87. The quantitative estimate of drug-likeness (QED) is 0.483. The van der Waals surface area contributed by atoms with Crippen molar-refractivity contribution < 1.29 is 9.53 Å². The van der Waals surface area contributed by atoms with Gasteiger partial charge in [-0.2, -0.15) is 0 Å². The summed E-state index contributed by atoms with van der Waals surface area (Å²) in [6.45, 7) is 1.87. The van der Waals surface area contributed by atoms with Gasteiger partial charge in [0.2, 0.25) is 5.91 Å². The number of fused-ring (bicyclic) bond motifs is 2. The normalized spacial score (nSPS) is 12.2. The number of rotatable bonds is 5. The van der Waals surface area contributed by atoms with E-state index in [1.807, 2.05) is 61.5 Å². The van der Waals surface area contributed by atoms with Crippen molar-refractivity contribution in [3.63, 3.8) is 0 Å². The molecule has 0 spiro atoms. The van der Waals surface area contributed by atoms with Crippen molar-refractivity contribution in [1.82, 2.24) is 9.97 Å². The van der Waals surface area contributed by atoms with Gasteiger partial charge in [-0.3, -0.25) is 4.79 Å². The molecule has 0 radical (unpaired) electrons. The number of nitrogens with one attached hydrogen (secondary N) is 1. The Morgan fingerprint density at radius 1 is 1.11 bits per heavy atom. The van der Waals surface area contributed by atoms with Crippen molar-refractivity contribution in [3.05, 3.63) is 54.6 Å². The average Bonchev–Trinajstić information content (AvgIpc) is 3.09. The fraction of sp³-hybridized carbons (Fsp3) is 0.150. The maximum atomic E-state index is 12.6. The molecule has 0 bridgehead atoms. The highest BCUT2D eigenvalue weighted by Gasteiger charge is 2.17. The van der Waals surface area contributed by atoms with E-state index in [0.29, 0.717) is 5.13 Å². The first kappa shape index (κ1) is 17.8. The number of thiazole rings is 1. The molecular formula is C20H17N3O2S2. The van der Waals surface area contributed by atoms with E-state index in [9.17, 15) is 4.79 Å². The van der Waals surface area contributed by atoms with Crippen LogP contribution in [0.3, 0.4) is 0 Å². The third-order valence-electron chi connectivity index (χ3n) is 4.07. The standard InChI is InChI=1S/C20H17N3O2S2/c1-12(26-18-10-7-13-5-3-4-6-15(13)21-18)19(24)23-20-22-16-9-8-14(25-2)11-17(16)27-20/h3-12H,1-2H3,(H,22,23,24). The molecule has 0 fully saturated rings. The van der Waals surface area contributed by atoms with Crippen LogP contribution < -0.4 is 10.1 Å². The van der Waals surface area contributed by atoms with E-state index >= 15 is 0 Å². The van der Waals surface area contributed by atoms with E-state index < -0.39 is 0 Å². The van der Waals surface area contributed by atoms with Gasteiger partial charge in [0.15, 0.2) is 5.13 Å². The number of ether oxygens (including phenoxy) is 1. The lowest BCUT2D eigenvalue weighted by atomic mass is 10.2. The predicted molar refractivity (Wildman–Crippen MR) is 112 cm³/mol. The molecule has 7 heteroatoms. The minimum atomic E-state index is -0.291. The maximum absolute atomic E-state index is 12.6. The van der Waals surface area contributed by atoms with Gasteiger partial charge in [-0.1, -0.05) is 47.4 Å². The smallest absolute Gasteiger partial charge is 0.239 e. The first-order valence-corrected chi connectivity index (χ1v) is 10.1. The molecule has 0 aliphatic carbocycles. The van der Waals surface area contributed by atoms with E-state index in [2.05, 4.69) is 15.3 Å². The summed E-state index contributed by atoms with van der Waals surface area (Å²) in [5.74, 6) is 0.677. The topological polar surface area (TPSA) is 64.1 Å². The van der Waals surface area contributed by atoms with Crippen LogP contribution in [0, 0.1) is 0 Å². The third-order valence-corrected chi connectivity index (χ3v) is 6.04. The van der Waals surface area contributed by atoms with Crippen LogP contribution in [0.2, 0.25) is 0 Å². The largest absolute Gasteiger partial charge is 0.497 e. The summed E-state index contributed by atoms with van der Waals surface area (Å²) in [6.07, 6.45) is 0. The zero-order valence-electron chi connectivity index (χ0n) is 14.8. The number of methoxy groups -OCH3 is 1. The number of benzene rings is 2. The number of anilines is 1. The monoisotopic (exact) mass is 395 g/mol. The number of aromatic nitrogens is 2. The van der Waals surface area contributed by atoms with E-state index in [0.717, 1.165) is 31.9 Å². The Labute approximate surface area is 164 Å². The van der Waals surface area contributed by atoms with Crippen LogP contribution in [0.5, 0.6) is 5.75 Å². The fourth-order valence-corrected chi connectivity index (χ4v) is 4.36. The molecule has 27 heavy (non-hydrogen) atoms. The molecule has 0 saturated carbocycles. The highest BCUT2D eigenvalue weighted by atomic mass is 32.2. The SMILES string of the molecule is COc1ccc2nc(NC(=O)C(C)Sc3ccc4ccccc4n3)sc2c1. The van der Waals surface area contributed by atoms with Crippen molar-refractivity contribution in [2.24, 2.45) is 0 Å². The second-order valence-electron chi connectivity index (χ2n) is 5.94. The number of amides is 1. The molecule has 1 unspecified atom stereocenters. The Morgan fingerprint density at radius 2 is 1.96 bits per heavy atom. The summed E-state index contributed by atoms with van der Waals surface area (Å²) < 4.78 is 6.20. The number of carbonyl (C=O) groups is 1. The van der Waals surface area contributed by atoms with Gasteiger partial charge >= 0.3 is 0 Å². The van der Waals surface area contributed by atoms with Gasteiger partial charge in [-0.15, -0.1) is 0 Å². The number of para-hydroxylation sites is 1. The number of carbonyl (C=O) groups excluding carboxylic acids is 1. The van der Waals surface area contributed by atoms with E-state index in [-0.39, 0.29) is 11.2 Å². The number of pyridine rings is 1. The predicted octanol–water partition coefficient (Wildman–Crippen LogP) is 4.97. The zero-order valence-corrected chi connectivity index (χ0v) is 16.4. The first-order chi connectivity index (χ1) is 13.1. The molecule has 2 aromatic heterocycles. The second-order valence-corrected chi connectivity index (χ2v) is 8.34. The van der Waals surface area contributed by atoms with Gasteiger partial charge in [-0.25, -0.2) is 9.97 Å². The van der Waals surface area contributed by atoms with Crippen molar-refractivity contribution in [2.45, 2.75) is 17.2 Å². The van der Waals surface area contributed by atoms with E-state index in [4.69, 9.17) is 4.74 Å². The van der Waals surface area contributed by atoms with Crippen LogP contribution >= 0.6 is 23.1 Å². The average molecular weight is 396 g/mol. The van der Waals surface area contributed by atoms with Crippen molar-refractivity contribution >= 4 is 55.3 Å². The van der Waals surface area contributed by atoms with Gasteiger partial charge in [0.25, 0.3) is 0 Å². The van der Waals surface area contributed by atoms with Gasteiger partial charge in [0.05, 0.1) is 33.1 Å². The maximum Gasteiger partial charge on any atom is 0.239 e. The van der Waals surface area contributed by atoms with Crippen LogP contribution in [-0.4, -0.2) is 28.2 Å². The summed E-state index contributed by atoms with van der Waals surface area (Å²) in [6, 6.07) is 17.6. The molecule has 1 atom stereocenters. The van der Waals surface area contributed by atoms with Crippen LogP contribution in [0.25, 0.3) is 21.1 Å². The molecule has 5 nitrogen and oxygen atoms in total. The molecule has 0 saturated heterocycles. The Morgan fingerprint density at radius 3 is 2.81 bits per heavy atom. The van der Waals surface area contributed by atoms with Crippen LogP contribution in [0.4, 0.5) is 5.13 Å². The van der Waals surface area contributed by atoms with Crippen molar-refractivity contribution in [1.29, 1.82) is 0 Å². The number of thioether (sulfide) groups is 1. The molecule has 4 aromatic rings. The lowest BCUT2D eigenvalue weighted by Crippen LogP contribution is -2.22. The summed E-state index contributed by atoms with van der Waals surface area (Å²) in [4.78, 5) is 21.6. The van der Waals surface area contributed by atoms with Crippen LogP contribution in [-0.2, 0) is 4.79 Å². The van der Waals surface area contributed by atoms with Gasteiger partial charge in [0, 0.05) is 5.39 Å². The van der Waals surface area contributed by atoms with E-state index in [1.165, 1.54) is 23.1 Å². The van der Waals surface area contributed by atoms with E-state index in [1.54, 1.807) is 7.11 Å². The lowest BCUT2D eigenvalue weighted by Gasteiger charge is -2.10.